The summed E-state index contributed by atoms with van der Waals surface area (Å²) in [7, 11) is 0. The molecule has 5 atom stereocenters. The van der Waals surface area contributed by atoms with Gasteiger partial charge in [-0.25, -0.2) is 0 Å². The van der Waals surface area contributed by atoms with E-state index in [1.807, 2.05) is 12.1 Å². The molecule has 0 aromatic heterocycles. The Morgan fingerprint density at radius 2 is 1.80 bits per heavy atom. The van der Waals surface area contributed by atoms with Gasteiger partial charge in [0.15, 0.2) is 5.78 Å². The molecule has 1 saturated carbocycles. The molecule has 2 bridgehead atoms. The van der Waals surface area contributed by atoms with Gasteiger partial charge in [0.1, 0.15) is 0 Å². The number of hydrogen-bond acceptors (Lipinski definition) is 2. The summed E-state index contributed by atoms with van der Waals surface area (Å²) < 4.78 is 0. The molecule has 3 aliphatic rings. The molecule has 0 aliphatic heterocycles. The smallest absolute Gasteiger partial charge is 0.161 e. The van der Waals surface area contributed by atoms with Crippen LogP contribution in [0.25, 0.3) is 0 Å². The summed E-state index contributed by atoms with van der Waals surface area (Å²) in [6.07, 6.45) is 7.59. The van der Waals surface area contributed by atoms with E-state index in [1.165, 1.54) is 12.0 Å². The number of hydrogen-bond donors (Lipinski definition) is 1. The van der Waals surface area contributed by atoms with Crippen LogP contribution in [-0.2, 0) is 4.79 Å². The largest absolute Gasteiger partial charge is 0.381 e. The van der Waals surface area contributed by atoms with Crippen molar-refractivity contribution in [2.24, 2.45) is 23.7 Å². The third-order valence-corrected chi connectivity index (χ3v) is 5.13. The molecule has 0 amide bonds. The highest BCUT2D eigenvalue weighted by Crippen LogP contribution is 2.53. The number of fused-ring (bicyclic) bond motifs is 5. The van der Waals surface area contributed by atoms with Gasteiger partial charge in [0.25, 0.3) is 0 Å². The van der Waals surface area contributed by atoms with E-state index in [9.17, 15) is 4.79 Å². The SMILES string of the molecule is C[C@@H](NC1=CC(=O)[C@H]2[C@@H]1[C@H]1C=C[C@@H]2C1)c1ccccc1. The van der Waals surface area contributed by atoms with E-state index >= 15 is 0 Å². The first-order valence-electron chi connectivity index (χ1n) is 7.49. The maximum atomic E-state index is 12.2. The number of rotatable bonds is 3. The van der Waals surface area contributed by atoms with Crippen LogP contribution in [0.1, 0.15) is 24.9 Å². The average Bonchev–Trinajstić information content (AvgIpc) is 3.14. The van der Waals surface area contributed by atoms with Crippen molar-refractivity contribution in [3.8, 4) is 0 Å². The van der Waals surface area contributed by atoms with Crippen molar-refractivity contribution < 1.29 is 4.79 Å². The lowest BCUT2D eigenvalue weighted by Crippen LogP contribution is -2.27. The standard InChI is InChI=1S/C18H19NO/c1-11(12-5-3-2-4-6-12)19-15-10-16(20)18-14-8-7-13(9-14)17(15)18/h2-8,10-11,13-14,17-19H,9H2,1H3/t11-,13+,14-,17-,18+/m1/s1. The van der Waals surface area contributed by atoms with E-state index in [1.54, 1.807) is 0 Å². The van der Waals surface area contributed by atoms with Gasteiger partial charge < -0.3 is 5.32 Å². The highest BCUT2D eigenvalue weighted by Gasteiger charge is 2.52. The van der Waals surface area contributed by atoms with E-state index in [4.69, 9.17) is 0 Å². The van der Waals surface area contributed by atoms with Crippen molar-refractivity contribution in [3.05, 3.63) is 59.8 Å². The summed E-state index contributed by atoms with van der Waals surface area (Å²) in [6.45, 7) is 2.16. The summed E-state index contributed by atoms with van der Waals surface area (Å²) in [5.41, 5.74) is 2.43. The molecule has 2 nitrogen and oxygen atoms in total. The van der Waals surface area contributed by atoms with Gasteiger partial charge in [-0.3, -0.25) is 4.79 Å². The summed E-state index contributed by atoms with van der Waals surface area (Å²) >= 11 is 0. The van der Waals surface area contributed by atoms with Crippen molar-refractivity contribution in [1.29, 1.82) is 0 Å². The number of carbonyl (C=O) groups is 1. The fourth-order valence-electron chi connectivity index (χ4n) is 4.19. The molecule has 1 aromatic rings. The Bertz CT molecular complexity index is 601. The minimum absolute atomic E-state index is 0.218. The molecule has 2 heteroatoms. The van der Waals surface area contributed by atoms with E-state index < -0.39 is 0 Å². The van der Waals surface area contributed by atoms with Gasteiger partial charge >= 0.3 is 0 Å². The number of allylic oxidation sites excluding steroid dienone is 4. The first-order valence-corrected chi connectivity index (χ1v) is 7.49. The Morgan fingerprint density at radius 3 is 2.55 bits per heavy atom. The predicted molar refractivity (Wildman–Crippen MR) is 78.8 cm³/mol. The zero-order valence-corrected chi connectivity index (χ0v) is 11.6. The van der Waals surface area contributed by atoms with E-state index in [-0.39, 0.29) is 12.0 Å². The lowest BCUT2D eigenvalue weighted by Gasteiger charge is -2.26. The number of carbonyl (C=O) groups excluding carboxylic acids is 1. The Hall–Kier alpha value is -1.83. The highest BCUT2D eigenvalue weighted by atomic mass is 16.1. The van der Waals surface area contributed by atoms with Gasteiger partial charge in [0.05, 0.1) is 0 Å². The van der Waals surface area contributed by atoms with Gasteiger partial charge in [-0.1, -0.05) is 42.5 Å². The highest BCUT2D eigenvalue weighted by molar-refractivity contribution is 5.96. The molecule has 20 heavy (non-hydrogen) atoms. The zero-order chi connectivity index (χ0) is 13.7. The molecule has 3 aliphatic carbocycles. The topological polar surface area (TPSA) is 29.1 Å². The van der Waals surface area contributed by atoms with Gasteiger partial charge in [-0.2, -0.15) is 0 Å². The molecule has 1 fully saturated rings. The molecule has 102 valence electrons. The Balaban J connectivity index is 1.56. The summed E-state index contributed by atoms with van der Waals surface area (Å²) in [5.74, 6) is 2.01. The molecule has 0 unspecified atom stereocenters. The van der Waals surface area contributed by atoms with Crippen molar-refractivity contribution in [1.82, 2.24) is 5.32 Å². The van der Waals surface area contributed by atoms with Crippen molar-refractivity contribution >= 4 is 5.78 Å². The molecule has 1 N–H and O–H groups in total. The predicted octanol–water partition coefficient (Wildman–Crippen LogP) is 3.24. The molecular weight excluding hydrogens is 246 g/mol. The molecule has 0 saturated heterocycles. The quantitative estimate of drug-likeness (QED) is 0.850. The van der Waals surface area contributed by atoms with Crippen LogP contribution in [0.15, 0.2) is 54.3 Å². The molecule has 0 heterocycles. The average molecular weight is 265 g/mol. The van der Waals surface area contributed by atoms with E-state index in [0.29, 0.717) is 23.5 Å². The van der Waals surface area contributed by atoms with Gasteiger partial charge in [0, 0.05) is 29.7 Å². The summed E-state index contributed by atoms with van der Waals surface area (Å²) in [4.78, 5) is 12.2. The van der Waals surface area contributed by atoms with Crippen molar-refractivity contribution in [2.75, 3.05) is 0 Å². The molecule has 4 rings (SSSR count). The normalized spacial score (nSPS) is 35.0. The minimum Gasteiger partial charge on any atom is -0.381 e. The van der Waals surface area contributed by atoms with Gasteiger partial charge in [-0.05, 0) is 30.7 Å². The second kappa shape index (κ2) is 4.34. The van der Waals surface area contributed by atoms with E-state index in [2.05, 4.69) is 48.7 Å². The third kappa shape index (κ3) is 1.67. The summed E-state index contributed by atoms with van der Waals surface area (Å²) in [5, 5.41) is 3.59. The zero-order valence-electron chi connectivity index (χ0n) is 11.6. The Morgan fingerprint density at radius 1 is 1.10 bits per heavy atom. The van der Waals surface area contributed by atoms with Crippen LogP contribution in [0, 0.1) is 23.7 Å². The van der Waals surface area contributed by atoms with Crippen LogP contribution >= 0.6 is 0 Å². The molecule has 1 aromatic carbocycles. The molecule has 0 radical (unpaired) electrons. The number of ketones is 1. The second-order valence-corrected chi connectivity index (χ2v) is 6.28. The Kier molecular flexibility index (Phi) is 2.59. The maximum Gasteiger partial charge on any atom is 0.161 e. The number of nitrogens with one attached hydrogen (secondary N) is 1. The van der Waals surface area contributed by atoms with E-state index in [0.717, 1.165) is 5.70 Å². The summed E-state index contributed by atoms with van der Waals surface area (Å²) in [6, 6.07) is 10.7. The van der Waals surface area contributed by atoms with Crippen LogP contribution in [0.2, 0.25) is 0 Å². The number of benzene rings is 1. The molecular formula is C18H19NO. The van der Waals surface area contributed by atoms with Crippen LogP contribution in [0.3, 0.4) is 0 Å². The lowest BCUT2D eigenvalue weighted by atomic mass is 9.83. The van der Waals surface area contributed by atoms with Gasteiger partial charge in [-0.15, -0.1) is 0 Å². The Labute approximate surface area is 119 Å². The van der Waals surface area contributed by atoms with Crippen LogP contribution in [0.5, 0.6) is 0 Å². The monoisotopic (exact) mass is 265 g/mol. The van der Waals surface area contributed by atoms with Crippen LogP contribution in [-0.4, -0.2) is 5.78 Å². The fourth-order valence-corrected chi connectivity index (χ4v) is 4.19. The second-order valence-electron chi connectivity index (χ2n) is 6.28. The first-order chi connectivity index (χ1) is 9.74. The first kappa shape index (κ1) is 12.0. The van der Waals surface area contributed by atoms with Crippen molar-refractivity contribution in [3.63, 3.8) is 0 Å². The van der Waals surface area contributed by atoms with Crippen LogP contribution in [0.4, 0.5) is 0 Å². The fraction of sp³-hybridized carbons (Fsp3) is 0.389. The lowest BCUT2D eigenvalue weighted by molar-refractivity contribution is -0.118. The van der Waals surface area contributed by atoms with Gasteiger partial charge in [0.2, 0.25) is 0 Å². The minimum atomic E-state index is 0.218. The third-order valence-electron chi connectivity index (χ3n) is 5.13. The van der Waals surface area contributed by atoms with Crippen molar-refractivity contribution in [2.45, 2.75) is 19.4 Å². The maximum absolute atomic E-state index is 12.2. The van der Waals surface area contributed by atoms with Crippen LogP contribution < -0.4 is 5.32 Å². The molecule has 0 spiro atoms.